The fraction of sp³-hybridized carbons (Fsp3) is 0.312. The van der Waals surface area contributed by atoms with Crippen molar-refractivity contribution in [3.8, 4) is 11.1 Å². The molecule has 0 radical (unpaired) electrons. The molecule has 0 bridgehead atoms. The molecule has 1 fully saturated rings. The lowest BCUT2D eigenvalue weighted by atomic mass is 9.95. The summed E-state index contributed by atoms with van der Waals surface area (Å²) in [4.78, 5) is 28.1. The second-order valence-corrected chi connectivity index (χ2v) is 11.0. The molecule has 0 aliphatic carbocycles. The fourth-order valence-corrected chi connectivity index (χ4v) is 5.31. The van der Waals surface area contributed by atoms with Crippen molar-refractivity contribution in [2.24, 2.45) is 5.73 Å². The normalized spacial score (nSPS) is 14.4. The van der Waals surface area contributed by atoms with Crippen LogP contribution in [-0.4, -0.2) is 55.1 Å². The Morgan fingerprint density at radius 1 is 1.02 bits per heavy atom. The van der Waals surface area contributed by atoms with Crippen molar-refractivity contribution >= 4 is 22.8 Å². The zero-order chi connectivity index (χ0) is 28.4. The number of fused-ring (bicyclic) bond motifs is 1. The molecule has 2 amide bonds. The molecule has 3 N–H and O–H groups in total. The van der Waals surface area contributed by atoms with Gasteiger partial charge >= 0.3 is 0 Å². The third-order valence-corrected chi connectivity index (χ3v) is 7.27. The summed E-state index contributed by atoms with van der Waals surface area (Å²) in [6.45, 7) is 9.87. The number of benzene rings is 3. The van der Waals surface area contributed by atoms with Crippen molar-refractivity contribution in [2.75, 3.05) is 32.8 Å². The molecule has 8 heteroatoms. The Morgan fingerprint density at radius 3 is 2.45 bits per heavy atom. The minimum absolute atomic E-state index is 0.150. The van der Waals surface area contributed by atoms with Crippen molar-refractivity contribution in [1.29, 1.82) is 0 Å². The number of hydrogen-bond acceptors (Lipinski definition) is 5. The van der Waals surface area contributed by atoms with E-state index in [0.717, 1.165) is 41.9 Å². The van der Waals surface area contributed by atoms with E-state index in [2.05, 4.69) is 10.2 Å². The number of amides is 2. The number of carbonyl (C=O) groups is 2. The van der Waals surface area contributed by atoms with Crippen molar-refractivity contribution in [3.63, 3.8) is 0 Å². The van der Waals surface area contributed by atoms with Gasteiger partial charge in [0.05, 0.1) is 18.8 Å². The van der Waals surface area contributed by atoms with Gasteiger partial charge in [0.1, 0.15) is 17.2 Å². The van der Waals surface area contributed by atoms with Crippen LogP contribution < -0.4 is 11.1 Å². The lowest BCUT2D eigenvalue weighted by Gasteiger charge is -2.35. The van der Waals surface area contributed by atoms with E-state index in [0.29, 0.717) is 47.5 Å². The summed E-state index contributed by atoms with van der Waals surface area (Å²) in [5.74, 6) is -0.651. The molecule has 0 unspecified atom stereocenters. The van der Waals surface area contributed by atoms with Crippen LogP contribution in [0.4, 0.5) is 4.39 Å². The van der Waals surface area contributed by atoms with Gasteiger partial charge in [0.2, 0.25) is 0 Å². The first kappa shape index (κ1) is 27.6. The summed E-state index contributed by atoms with van der Waals surface area (Å²) in [6.07, 6.45) is 0.303. The summed E-state index contributed by atoms with van der Waals surface area (Å²) < 4.78 is 24.8. The molecular weight excluding hydrogens is 509 g/mol. The molecule has 5 rings (SSSR count). The summed E-state index contributed by atoms with van der Waals surface area (Å²) in [5, 5.41) is 3.78. The minimum Gasteiger partial charge on any atom is -0.460 e. The van der Waals surface area contributed by atoms with E-state index < -0.39 is 11.4 Å². The van der Waals surface area contributed by atoms with E-state index in [9.17, 15) is 14.0 Å². The number of morpholine rings is 1. The van der Waals surface area contributed by atoms with Gasteiger partial charge in [0.25, 0.3) is 11.8 Å². The second kappa shape index (κ2) is 11.2. The number of primary amides is 1. The Hall–Kier alpha value is -4.01. The molecule has 1 aliphatic heterocycles. The Balaban J connectivity index is 1.43. The van der Waals surface area contributed by atoms with E-state index in [1.807, 2.05) is 57.2 Å². The van der Waals surface area contributed by atoms with Gasteiger partial charge < -0.3 is 20.2 Å². The van der Waals surface area contributed by atoms with Crippen LogP contribution in [0.2, 0.25) is 0 Å². The molecule has 208 valence electrons. The summed E-state index contributed by atoms with van der Waals surface area (Å²) in [5.41, 5.74) is 10.2. The maximum atomic E-state index is 13.4. The van der Waals surface area contributed by atoms with E-state index in [1.54, 1.807) is 12.1 Å². The van der Waals surface area contributed by atoms with Crippen molar-refractivity contribution in [2.45, 2.75) is 32.7 Å². The highest BCUT2D eigenvalue weighted by molar-refractivity contribution is 6.07. The number of aryl methyl sites for hydroxylation is 1. The van der Waals surface area contributed by atoms with Gasteiger partial charge in [-0.1, -0.05) is 24.3 Å². The minimum atomic E-state index is -0.597. The predicted octanol–water partition coefficient (Wildman–Crippen LogP) is 5.08. The van der Waals surface area contributed by atoms with E-state index in [1.165, 1.54) is 12.1 Å². The van der Waals surface area contributed by atoms with Crippen LogP contribution in [0.5, 0.6) is 0 Å². The van der Waals surface area contributed by atoms with Crippen LogP contribution in [0.25, 0.3) is 22.1 Å². The van der Waals surface area contributed by atoms with Gasteiger partial charge in [-0.3, -0.25) is 14.5 Å². The highest BCUT2D eigenvalue weighted by atomic mass is 19.1. The molecule has 1 saturated heterocycles. The molecule has 3 aromatic carbocycles. The second-order valence-electron chi connectivity index (χ2n) is 11.0. The molecule has 4 aromatic rings. The van der Waals surface area contributed by atoms with Crippen LogP contribution in [0.3, 0.4) is 0 Å². The zero-order valence-electron chi connectivity index (χ0n) is 23.1. The molecule has 40 heavy (non-hydrogen) atoms. The summed E-state index contributed by atoms with van der Waals surface area (Å²) >= 11 is 0. The first-order chi connectivity index (χ1) is 19.1. The smallest absolute Gasteiger partial charge is 0.252 e. The monoisotopic (exact) mass is 543 g/mol. The number of rotatable bonds is 8. The van der Waals surface area contributed by atoms with Crippen molar-refractivity contribution < 1.29 is 23.1 Å². The average Bonchev–Trinajstić information content (AvgIpc) is 3.27. The third kappa shape index (κ3) is 6.08. The Kier molecular flexibility index (Phi) is 7.74. The SMILES string of the molecule is Cc1ccc(C(=O)NC(C)(C)CN2CCOCC2)cc1-c1ccc2oc(Cc3ccc(F)cc3)c(C(N)=O)c2c1. The number of hydrogen-bond donors (Lipinski definition) is 2. The molecule has 0 saturated carbocycles. The number of ether oxygens (including phenoxy) is 1. The van der Waals surface area contributed by atoms with E-state index in [4.69, 9.17) is 14.9 Å². The number of furan rings is 1. The highest BCUT2D eigenvalue weighted by Gasteiger charge is 2.26. The maximum Gasteiger partial charge on any atom is 0.252 e. The van der Waals surface area contributed by atoms with Crippen LogP contribution in [-0.2, 0) is 11.2 Å². The number of nitrogens with two attached hydrogens (primary N) is 1. The lowest BCUT2D eigenvalue weighted by molar-refractivity contribution is 0.0269. The largest absolute Gasteiger partial charge is 0.460 e. The Labute approximate surface area is 233 Å². The van der Waals surface area contributed by atoms with Gasteiger partial charge in [-0.2, -0.15) is 0 Å². The Morgan fingerprint density at radius 2 is 1.75 bits per heavy atom. The van der Waals surface area contributed by atoms with Gasteiger partial charge in [-0.15, -0.1) is 0 Å². The molecule has 0 atom stereocenters. The van der Waals surface area contributed by atoms with Crippen LogP contribution in [0.15, 0.2) is 65.1 Å². The molecule has 0 spiro atoms. The Bertz CT molecular complexity index is 1550. The number of nitrogens with one attached hydrogen (secondary N) is 1. The number of halogens is 1. The maximum absolute atomic E-state index is 13.4. The first-order valence-corrected chi connectivity index (χ1v) is 13.4. The van der Waals surface area contributed by atoms with E-state index in [-0.39, 0.29) is 11.7 Å². The van der Waals surface area contributed by atoms with Crippen LogP contribution >= 0.6 is 0 Å². The first-order valence-electron chi connectivity index (χ1n) is 13.4. The summed E-state index contributed by atoms with van der Waals surface area (Å²) in [7, 11) is 0. The molecular formula is C32H34FN3O4. The number of carbonyl (C=O) groups excluding carboxylic acids is 2. The molecule has 7 nitrogen and oxygen atoms in total. The highest BCUT2D eigenvalue weighted by Crippen LogP contribution is 2.33. The standard InChI is InChI=1S/C32H34FN3O4/c1-20-4-7-23(31(38)35-32(2,3)19-36-12-14-39-15-13-36)18-25(20)22-8-11-27-26(17-22)29(30(34)37)28(40-27)16-21-5-9-24(33)10-6-21/h4-11,17-18H,12-16,19H2,1-3H3,(H2,34,37)(H,35,38). The molecule has 2 heterocycles. The predicted molar refractivity (Wildman–Crippen MR) is 153 cm³/mol. The van der Waals surface area contributed by atoms with Crippen LogP contribution in [0.1, 0.15) is 51.5 Å². The van der Waals surface area contributed by atoms with Crippen molar-refractivity contribution in [1.82, 2.24) is 10.2 Å². The quantitative estimate of drug-likeness (QED) is 0.323. The van der Waals surface area contributed by atoms with Gasteiger partial charge in [-0.05, 0) is 79.4 Å². The van der Waals surface area contributed by atoms with Crippen LogP contribution in [0, 0.1) is 12.7 Å². The van der Waals surface area contributed by atoms with Gasteiger partial charge in [0.15, 0.2) is 0 Å². The van der Waals surface area contributed by atoms with E-state index >= 15 is 0 Å². The van der Waals surface area contributed by atoms with Gasteiger partial charge in [-0.25, -0.2) is 4.39 Å². The average molecular weight is 544 g/mol. The van der Waals surface area contributed by atoms with Crippen molar-refractivity contribution in [3.05, 3.63) is 94.5 Å². The topological polar surface area (TPSA) is 97.8 Å². The number of nitrogens with zero attached hydrogens (tertiary/aromatic N) is 1. The zero-order valence-corrected chi connectivity index (χ0v) is 23.1. The third-order valence-electron chi connectivity index (χ3n) is 7.27. The molecule has 1 aromatic heterocycles. The summed E-state index contributed by atoms with van der Waals surface area (Å²) in [6, 6.07) is 17.3. The fourth-order valence-electron chi connectivity index (χ4n) is 5.31. The molecule has 1 aliphatic rings. The van der Waals surface area contributed by atoms with Gasteiger partial charge in [0, 0.05) is 42.5 Å². The lowest BCUT2D eigenvalue weighted by Crippen LogP contribution is -2.53.